The Morgan fingerprint density at radius 3 is 2.61 bits per heavy atom. The Balaban J connectivity index is 1.96. The van der Waals surface area contributed by atoms with Gasteiger partial charge in [-0.25, -0.2) is 13.2 Å². The monoisotopic (exact) mass is 338 g/mol. The third kappa shape index (κ3) is 2.88. The van der Waals surface area contributed by atoms with Crippen molar-refractivity contribution < 1.29 is 18.3 Å². The van der Waals surface area contributed by atoms with Gasteiger partial charge in [0.05, 0.1) is 10.5 Å². The summed E-state index contributed by atoms with van der Waals surface area (Å²) in [5.41, 5.74) is 1.23. The van der Waals surface area contributed by atoms with Crippen LogP contribution in [0, 0.1) is 13.8 Å². The number of rotatable bonds is 3. The van der Waals surface area contributed by atoms with Gasteiger partial charge in [0.25, 0.3) is 0 Å². The maximum atomic E-state index is 13.0. The van der Waals surface area contributed by atoms with Crippen molar-refractivity contribution in [3.8, 4) is 0 Å². The highest BCUT2D eigenvalue weighted by atomic mass is 32.2. The van der Waals surface area contributed by atoms with Gasteiger partial charge in [-0.2, -0.15) is 4.31 Å². The predicted molar refractivity (Wildman–Crippen MR) is 86.2 cm³/mol. The molecule has 0 spiro atoms. The number of aromatic carboxylic acids is 1. The first-order valence-corrected chi connectivity index (χ1v) is 9.33. The molecule has 2 aliphatic heterocycles. The molecule has 23 heavy (non-hydrogen) atoms. The van der Waals surface area contributed by atoms with Gasteiger partial charge in [-0.1, -0.05) is 6.07 Å². The number of carboxylic acid groups (broad SMARTS) is 1. The van der Waals surface area contributed by atoms with Crippen molar-refractivity contribution in [2.75, 3.05) is 26.2 Å². The van der Waals surface area contributed by atoms with E-state index in [1.807, 2.05) is 0 Å². The van der Waals surface area contributed by atoms with Gasteiger partial charge in [0, 0.05) is 25.7 Å². The lowest BCUT2D eigenvalue weighted by atomic mass is 10.1. The first-order valence-electron chi connectivity index (χ1n) is 7.89. The number of benzene rings is 1. The van der Waals surface area contributed by atoms with E-state index in [0.717, 1.165) is 25.9 Å². The molecule has 0 bridgehead atoms. The fraction of sp³-hybridized carbons (Fsp3) is 0.562. The molecule has 0 aromatic heterocycles. The van der Waals surface area contributed by atoms with Crippen molar-refractivity contribution in [1.82, 2.24) is 9.21 Å². The second-order valence-electron chi connectivity index (χ2n) is 6.43. The van der Waals surface area contributed by atoms with Crippen LogP contribution in [0.3, 0.4) is 0 Å². The first-order chi connectivity index (χ1) is 10.8. The van der Waals surface area contributed by atoms with Gasteiger partial charge in [0.1, 0.15) is 0 Å². The molecule has 0 amide bonds. The summed E-state index contributed by atoms with van der Waals surface area (Å²) in [7, 11) is -3.66. The second-order valence-corrected chi connectivity index (χ2v) is 8.34. The van der Waals surface area contributed by atoms with Crippen LogP contribution in [0.1, 0.15) is 34.3 Å². The Bertz CT molecular complexity index is 745. The highest BCUT2D eigenvalue weighted by Crippen LogP contribution is 2.28. The minimum absolute atomic E-state index is 0.0497. The molecular formula is C16H22N2O4S. The van der Waals surface area contributed by atoms with Crippen LogP contribution in [0.5, 0.6) is 0 Å². The zero-order valence-corrected chi connectivity index (χ0v) is 14.3. The molecule has 0 saturated carbocycles. The number of carboxylic acids is 1. The lowest BCUT2D eigenvalue weighted by Crippen LogP contribution is -2.52. The summed E-state index contributed by atoms with van der Waals surface area (Å²) in [6, 6.07) is 3.24. The summed E-state index contributed by atoms with van der Waals surface area (Å²) < 4.78 is 27.5. The average molecular weight is 338 g/mol. The van der Waals surface area contributed by atoms with Crippen LogP contribution in [0.15, 0.2) is 17.0 Å². The van der Waals surface area contributed by atoms with Gasteiger partial charge in [0.2, 0.25) is 10.0 Å². The molecule has 2 aliphatic rings. The van der Waals surface area contributed by atoms with Crippen molar-refractivity contribution in [3.63, 3.8) is 0 Å². The summed E-state index contributed by atoms with van der Waals surface area (Å²) >= 11 is 0. The quantitative estimate of drug-likeness (QED) is 0.903. The molecule has 6 nitrogen and oxygen atoms in total. The molecule has 1 atom stereocenters. The molecule has 3 rings (SSSR count). The Morgan fingerprint density at radius 1 is 1.17 bits per heavy atom. The highest BCUT2D eigenvalue weighted by Gasteiger charge is 2.37. The Morgan fingerprint density at radius 2 is 1.91 bits per heavy atom. The number of carbonyl (C=O) groups is 1. The molecule has 1 unspecified atom stereocenters. The SMILES string of the molecule is Cc1cc(C)c(S(=O)(=O)N2CCN3CCCC3C2)cc1C(=O)O. The molecule has 1 aromatic rings. The minimum atomic E-state index is -3.66. The number of hydrogen-bond donors (Lipinski definition) is 1. The molecule has 0 aliphatic carbocycles. The van der Waals surface area contributed by atoms with E-state index in [2.05, 4.69) is 4.90 Å². The number of nitrogens with zero attached hydrogens (tertiary/aromatic N) is 2. The minimum Gasteiger partial charge on any atom is -0.478 e. The fourth-order valence-corrected chi connectivity index (χ4v) is 5.36. The number of piperazine rings is 1. The van der Waals surface area contributed by atoms with E-state index in [1.54, 1.807) is 19.9 Å². The predicted octanol–water partition coefficient (Wildman–Crippen LogP) is 1.47. The molecule has 2 saturated heterocycles. The van der Waals surface area contributed by atoms with Crippen LogP contribution in [-0.4, -0.2) is 60.9 Å². The summed E-state index contributed by atoms with van der Waals surface area (Å²) in [4.78, 5) is 13.8. The molecule has 0 radical (unpaired) electrons. The van der Waals surface area contributed by atoms with E-state index in [0.29, 0.717) is 30.3 Å². The summed E-state index contributed by atoms with van der Waals surface area (Å²) in [6.45, 7) is 6.17. The van der Waals surface area contributed by atoms with Gasteiger partial charge >= 0.3 is 5.97 Å². The Kier molecular flexibility index (Phi) is 4.20. The lowest BCUT2D eigenvalue weighted by Gasteiger charge is -2.36. The third-order valence-corrected chi connectivity index (χ3v) is 6.93. The van der Waals surface area contributed by atoms with Crippen molar-refractivity contribution in [3.05, 3.63) is 28.8 Å². The third-order valence-electron chi connectivity index (χ3n) is 4.92. The average Bonchev–Trinajstić information content (AvgIpc) is 2.93. The number of sulfonamides is 1. The van der Waals surface area contributed by atoms with Gasteiger partial charge in [-0.15, -0.1) is 0 Å². The Labute approximate surface area is 136 Å². The van der Waals surface area contributed by atoms with Crippen molar-refractivity contribution >= 4 is 16.0 Å². The van der Waals surface area contributed by atoms with Crippen LogP contribution in [0.4, 0.5) is 0 Å². The zero-order valence-electron chi connectivity index (χ0n) is 13.4. The molecule has 126 valence electrons. The second kappa shape index (κ2) is 5.89. The number of hydrogen-bond acceptors (Lipinski definition) is 4. The molecule has 1 aromatic carbocycles. The molecular weight excluding hydrogens is 316 g/mol. The van der Waals surface area contributed by atoms with E-state index in [9.17, 15) is 18.3 Å². The van der Waals surface area contributed by atoms with Gasteiger partial charge in [-0.05, 0) is 50.4 Å². The maximum Gasteiger partial charge on any atom is 0.335 e. The van der Waals surface area contributed by atoms with Gasteiger partial charge < -0.3 is 5.11 Å². The standard InChI is InChI=1S/C16H22N2O4S/c1-11-8-12(2)15(9-14(11)16(19)20)23(21,22)18-7-6-17-5-3-4-13(17)10-18/h8-9,13H,3-7,10H2,1-2H3,(H,19,20). The van der Waals surface area contributed by atoms with E-state index in [4.69, 9.17) is 0 Å². The normalized spacial score (nSPS) is 23.0. The van der Waals surface area contributed by atoms with Crippen LogP contribution in [-0.2, 0) is 10.0 Å². The Hall–Kier alpha value is -1.44. The smallest absolute Gasteiger partial charge is 0.335 e. The van der Waals surface area contributed by atoms with E-state index >= 15 is 0 Å². The van der Waals surface area contributed by atoms with Crippen LogP contribution in [0.2, 0.25) is 0 Å². The van der Waals surface area contributed by atoms with Crippen molar-refractivity contribution in [1.29, 1.82) is 0 Å². The summed E-state index contributed by atoms with van der Waals surface area (Å²) in [6.07, 6.45) is 2.14. The highest BCUT2D eigenvalue weighted by molar-refractivity contribution is 7.89. The summed E-state index contributed by atoms with van der Waals surface area (Å²) in [5, 5.41) is 9.27. The number of fused-ring (bicyclic) bond motifs is 1. The molecule has 2 heterocycles. The fourth-order valence-electron chi connectivity index (χ4n) is 3.66. The number of aryl methyl sites for hydroxylation is 2. The zero-order chi connectivity index (χ0) is 16.8. The molecule has 2 fully saturated rings. The van der Waals surface area contributed by atoms with Crippen molar-refractivity contribution in [2.24, 2.45) is 0 Å². The van der Waals surface area contributed by atoms with Gasteiger partial charge in [0.15, 0.2) is 0 Å². The first kappa shape index (κ1) is 16.4. The van der Waals surface area contributed by atoms with E-state index in [-0.39, 0.29) is 10.5 Å². The van der Waals surface area contributed by atoms with E-state index < -0.39 is 16.0 Å². The molecule has 7 heteroatoms. The molecule has 1 N–H and O–H groups in total. The maximum absolute atomic E-state index is 13.0. The summed E-state index contributed by atoms with van der Waals surface area (Å²) in [5.74, 6) is -1.10. The van der Waals surface area contributed by atoms with E-state index in [1.165, 1.54) is 10.4 Å². The topological polar surface area (TPSA) is 77.9 Å². The van der Waals surface area contributed by atoms with Gasteiger partial charge in [-0.3, -0.25) is 4.90 Å². The largest absolute Gasteiger partial charge is 0.478 e. The van der Waals surface area contributed by atoms with Crippen molar-refractivity contribution in [2.45, 2.75) is 37.6 Å². The van der Waals surface area contributed by atoms with Crippen LogP contribution >= 0.6 is 0 Å². The lowest BCUT2D eigenvalue weighted by molar-refractivity contribution is 0.0696. The van der Waals surface area contributed by atoms with Crippen LogP contribution < -0.4 is 0 Å². The van der Waals surface area contributed by atoms with Crippen LogP contribution in [0.25, 0.3) is 0 Å².